The number of pyridine rings is 1. The summed E-state index contributed by atoms with van der Waals surface area (Å²) in [5.41, 5.74) is 8.02. The predicted molar refractivity (Wildman–Crippen MR) is 53.9 cm³/mol. The number of nitrogens with two attached hydrogens (primary N) is 1. The van der Waals surface area contributed by atoms with Gasteiger partial charge >= 0.3 is 0 Å². The van der Waals surface area contributed by atoms with Gasteiger partial charge in [-0.05, 0) is 40.9 Å². The molecule has 0 bridgehead atoms. The molecule has 1 heterocycles. The molecular formula is C9H13BrN2. The molecule has 1 aromatic heterocycles. The van der Waals surface area contributed by atoms with Crippen LogP contribution < -0.4 is 5.73 Å². The van der Waals surface area contributed by atoms with Gasteiger partial charge < -0.3 is 5.73 Å². The molecule has 0 amide bonds. The van der Waals surface area contributed by atoms with E-state index in [9.17, 15) is 0 Å². The number of nitrogens with zero attached hydrogens (tertiary/aromatic N) is 1. The molecule has 2 N–H and O–H groups in total. The lowest BCUT2D eigenvalue weighted by Crippen LogP contribution is -2.12. The summed E-state index contributed by atoms with van der Waals surface area (Å²) in [5, 5.41) is 0. The molecule has 2 nitrogen and oxygen atoms in total. The minimum atomic E-state index is 0.0677. The molecule has 0 saturated heterocycles. The summed E-state index contributed by atoms with van der Waals surface area (Å²) in [6.45, 7) is 4.09. The van der Waals surface area contributed by atoms with Crippen molar-refractivity contribution in [2.75, 3.05) is 0 Å². The van der Waals surface area contributed by atoms with Gasteiger partial charge in [0.25, 0.3) is 0 Å². The van der Waals surface area contributed by atoms with Crippen molar-refractivity contribution in [3.8, 4) is 0 Å². The van der Waals surface area contributed by atoms with E-state index in [1.807, 2.05) is 13.0 Å². The Hall–Kier alpha value is -0.410. The number of hydrogen-bond acceptors (Lipinski definition) is 2. The summed E-state index contributed by atoms with van der Waals surface area (Å²) < 4.78 is 1.01. The monoisotopic (exact) mass is 228 g/mol. The summed E-state index contributed by atoms with van der Waals surface area (Å²) in [4.78, 5) is 4.28. The van der Waals surface area contributed by atoms with E-state index in [-0.39, 0.29) is 6.04 Å². The first kappa shape index (κ1) is 9.68. The minimum Gasteiger partial charge on any atom is -0.323 e. The zero-order valence-electron chi connectivity index (χ0n) is 7.34. The van der Waals surface area contributed by atoms with Crippen LogP contribution in [0.3, 0.4) is 0 Å². The molecular weight excluding hydrogens is 216 g/mol. The number of aromatic nitrogens is 1. The number of aryl methyl sites for hydroxylation is 1. The van der Waals surface area contributed by atoms with Crippen LogP contribution >= 0.6 is 15.9 Å². The van der Waals surface area contributed by atoms with Crippen molar-refractivity contribution in [3.05, 3.63) is 28.0 Å². The minimum absolute atomic E-state index is 0.0677. The van der Waals surface area contributed by atoms with E-state index in [4.69, 9.17) is 5.73 Å². The molecule has 0 aliphatic rings. The average Bonchev–Trinajstić information content (AvgIpc) is 2.03. The second kappa shape index (κ2) is 4.01. The molecule has 0 aliphatic carbocycles. The maximum atomic E-state index is 5.87. The average molecular weight is 229 g/mol. The fraction of sp³-hybridized carbons (Fsp3) is 0.444. The van der Waals surface area contributed by atoms with Crippen molar-refractivity contribution in [1.82, 2.24) is 4.98 Å². The van der Waals surface area contributed by atoms with Crippen molar-refractivity contribution in [3.63, 3.8) is 0 Å². The molecule has 1 atom stereocenters. The second-order valence-electron chi connectivity index (χ2n) is 2.87. The number of halogens is 1. The Kier molecular flexibility index (Phi) is 3.23. The molecule has 12 heavy (non-hydrogen) atoms. The Morgan fingerprint density at radius 1 is 1.67 bits per heavy atom. The van der Waals surface area contributed by atoms with Gasteiger partial charge in [-0.3, -0.25) is 4.98 Å². The van der Waals surface area contributed by atoms with E-state index in [0.29, 0.717) is 0 Å². The molecule has 0 radical (unpaired) electrons. The van der Waals surface area contributed by atoms with E-state index in [0.717, 1.165) is 22.2 Å². The van der Waals surface area contributed by atoms with Crippen LogP contribution in [-0.4, -0.2) is 4.98 Å². The smallest absolute Gasteiger partial charge is 0.0600 e. The van der Waals surface area contributed by atoms with Crippen molar-refractivity contribution in [2.45, 2.75) is 26.3 Å². The normalized spacial score (nSPS) is 13.0. The molecule has 0 saturated carbocycles. The van der Waals surface area contributed by atoms with E-state index < -0.39 is 0 Å². The first-order valence-electron chi connectivity index (χ1n) is 4.02. The van der Waals surface area contributed by atoms with Crippen LogP contribution in [0.15, 0.2) is 16.7 Å². The maximum absolute atomic E-state index is 5.87. The fourth-order valence-corrected chi connectivity index (χ4v) is 1.58. The van der Waals surface area contributed by atoms with Crippen LogP contribution in [0.5, 0.6) is 0 Å². The van der Waals surface area contributed by atoms with Gasteiger partial charge in [0.15, 0.2) is 0 Å². The van der Waals surface area contributed by atoms with E-state index in [1.165, 1.54) is 0 Å². The van der Waals surface area contributed by atoms with Gasteiger partial charge in [-0.2, -0.15) is 0 Å². The molecule has 0 unspecified atom stereocenters. The molecule has 3 heteroatoms. The van der Waals surface area contributed by atoms with Crippen LogP contribution in [0, 0.1) is 6.92 Å². The molecule has 0 aromatic carbocycles. The third-order valence-corrected chi connectivity index (χ3v) is 2.31. The highest BCUT2D eigenvalue weighted by atomic mass is 79.9. The Morgan fingerprint density at radius 2 is 2.33 bits per heavy atom. The summed E-state index contributed by atoms with van der Waals surface area (Å²) in [5.74, 6) is 0. The fourth-order valence-electron chi connectivity index (χ4n) is 1.13. The highest BCUT2D eigenvalue weighted by Gasteiger charge is 2.07. The standard InChI is InChI=1S/C9H13BrN2/c1-3-8(11)9-6(2)4-7(10)5-12-9/h4-5,8H,3,11H2,1-2H3/t8-/m1/s1. The Bertz CT molecular complexity index is 273. The molecule has 0 aliphatic heterocycles. The summed E-state index contributed by atoms with van der Waals surface area (Å²) in [6.07, 6.45) is 2.72. The van der Waals surface area contributed by atoms with E-state index >= 15 is 0 Å². The third kappa shape index (κ3) is 2.05. The lowest BCUT2D eigenvalue weighted by atomic mass is 10.1. The predicted octanol–water partition coefficient (Wildman–Crippen LogP) is 2.56. The highest BCUT2D eigenvalue weighted by molar-refractivity contribution is 9.10. The largest absolute Gasteiger partial charge is 0.323 e. The van der Waals surface area contributed by atoms with Gasteiger partial charge in [0.1, 0.15) is 0 Å². The van der Waals surface area contributed by atoms with Crippen molar-refractivity contribution in [1.29, 1.82) is 0 Å². The van der Waals surface area contributed by atoms with Gasteiger partial charge in [-0.1, -0.05) is 6.92 Å². The van der Waals surface area contributed by atoms with Gasteiger partial charge in [0.05, 0.1) is 5.69 Å². The number of hydrogen-bond donors (Lipinski definition) is 1. The van der Waals surface area contributed by atoms with Crippen molar-refractivity contribution < 1.29 is 0 Å². The quantitative estimate of drug-likeness (QED) is 0.846. The Morgan fingerprint density at radius 3 is 2.83 bits per heavy atom. The second-order valence-corrected chi connectivity index (χ2v) is 3.79. The first-order chi connectivity index (χ1) is 5.65. The van der Waals surface area contributed by atoms with Crippen LogP contribution in [0.1, 0.15) is 30.6 Å². The molecule has 0 spiro atoms. The summed E-state index contributed by atoms with van der Waals surface area (Å²) in [7, 11) is 0. The lowest BCUT2D eigenvalue weighted by Gasteiger charge is -2.10. The molecule has 1 aromatic rings. The third-order valence-electron chi connectivity index (χ3n) is 1.88. The number of rotatable bonds is 2. The van der Waals surface area contributed by atoms with Crippen LogP contribution in [0.25, 0.3) is 0 Å². The van der Waals surface area contributed by atoms with Crippen LogP contribution in [0.2, 0.25) is 0 Å². The van der Waals surface area contributed by atoms with Gasteiger partial charge in [-0.15, -0.1) is 0 Å². The zero-order chi connectivity index (χ0) is 9.14. The van der Waals surface area contributed by atoms with E-state index in [1.54, 1.807) is 6.20 Å². The topological polar surface area (TPSA) is 38.9 Å². The molecule has 0 fully saturated rings. The summed E-state index contributed by atoms with van der Waals surface area (Å²) >= 11 is 3.36. The molecule has 66 valence electrons. The first-order valence-corrected chi connectivity index (χ1v) is 4.82. The summed E-state index contributed by atoms with van der Waals surface area (Å²) in [6, 6.07) is 2.11. The van der Waals surface area contributed by atoms with E-state index in [2.05, 4.69) is 27.8 Å². The van der Waals surface area contributed by atoms with Crippen LogP contribution in [-0.2, 0) is 0 Å². The van der Waals surface area contributed by atoms with Crippen molar-refractivity contribution in [2.24, 2.45) is 5.73 Å². The van der Waals surface area contributed by atoms with Crippen molar-refractivity contribution >= 4 is 15.9 Å². The van der Waals surface area contributed by atoms with Gasteiger partial charge in [0, 0.05) is 16.7 Å². The maximum Gasteiger partial charge on any atom is 0.0600 e. The molecule has 1 rings (SSSR count). The SMILES string of the molecule is CC[C@@H](N)c1ncc(Br)cc1C. The van der Waals surface area contributed by atoms with Crippen LogP contribution in [0.4, 0.5) is 0 Å². The Balaban J connectivity index is 3.01. The zero-order valence-corrected chi connectivity index (χ0v) is 8.93. The highest BCUT2D eigenvalue weighted by Crippen LogP contribution is 2.18. The Labute approximate surface area is 81.3 Å². The lowest BCUT2D eigenvalue weighted by molar-refractivity contribution is 0.669. The van der Waals surface area contributed by atoms with Gasteiger partial charge in [-0.25, -0.2) is 0 Å². The van der Waals surface area contributed by atoms with Gasteiger partial charge in [0.2, 0.25) is 0 Å².